The van der Waals surface area contributed by atoms with Gasteiger partial charge < -0.3 is 4.74 Å². The van der Waals surface area contributed by atoms with E-state index in [1.165, 1.54) is 57.4 Å². The Labute approximate surface area is 159 Å². The maximum Gasteiger partial charge on any atom is 0.302 e. The first kappa shape index (κ1) is 19.2. The predicted octanol–water partition coefficient (Wildman–Crippen LogP) is 6.02. The molecule has 142 valence electrons. The van der Waals surface area contributed by atoms with Crippen LogP contribution in [0.15, 0.2) is 48.1 Å². The number of unbranched alkanes of at least 4 members (excludes halogenated alkanes) is 5. The van der Waals surface area contributed by atoms with Gasteiger partial charge in [-0.15, -0.1) is 0 Å². The summed E-state index contributed by atoms with van der Waals surface area (Å²) in [5, 5.41) is 0. The van der Waals surface area contributed by atoms with E-state index < -0.39 is 0 Å². The molecular weight excluding hydrogens is 320 g/mol. The maximum atomic E-state index is 11.4. The Bertz CT molecular complexity index is 595. The van der Waals surface area contributed by atoms with Crippen molar-refractivity contribution in [1.82, 2.24) is 0 Å². The lowest BCUT2D eigenvalue weighted by molar-refractivity contribution is -0.142. The molecule has 2 heteroatoms. The van der Waals surface area contributed by atoms with E-state index in [4.69, 9.17) is 4.74 Å². The van der Waals surface area contributed by atoms with Gasteiger partial charge in [0, 0.05) is 12.8 Å². The number of allylic oxidation sites excluding steroid dienone is 8. The van der Waals surface area contributed by atoms with Crippen LogP contribution in [0.2, 0.25) is 0 Å². The van der Waals surface area contributed by atoms with Gasteiger partial charge in [0.25, 0.3) is 0 Å². The molecule has 0 radical (unpaired) electrons. The number of ether oxygens (including phenoxy) is 1. The van der Waals surface area contributed by atoms with Gasteiger partial charge in [-0.25, -0.2) is 0 Å². The minimum atomic E-state index is -0.164. The summed E-state index contributed by atoms with van der Waals surface area (Å²) >= 11 is 0. The molecule has 0 amide bonds. The van der Waals surface area contributed by atoms with Crippen LogP contribution in [0.25, 0.3) is 0 Å². The van der Waals surface area contributed by atoms with E-state index >= 15 is 0 Å². The largest absolute Gasteiger partial charge is 0.466 e. The van der Waals surface area contributed by atoms with Crippen molar-refractivity contribution in [2.75, 3.05) is 6.61 Å². The zero-order chi connectivity index (χ0) is 18.4. The summed E-state index contributed by atoms with van der Waals surface area (Å²) in [6, 6.07) is 0. The van der Waals surface area contributed by atoms with Crippen molar-refractivity contribution < 1.29 is 9.53 Å². The Balaban J connectivity index is 1.61. The highest BCUT2D eigenvalue weighted by molar-refractivity contribution is 5.65. The van der Waals surface area contributed by atoms with Gasteiger partial charge in [-0.05, 0) is 36.5 Å². The number of fused-ring (bicyclic) bond motifs is 3. The molecule has 0 aromatic rings. The Morgan fingerprint density at radius 3 is 2.38 bits per heavy atom. The van der Waals surface area contributed by atoms with E-state index in [0.717, 1.165) is 0 Å². The zero-order valence-electron chi connectivity index (χ0n) is 16.4. The fourth-order valence-corrected chi connectivity index (χ4v) is 4.99. The Morgan fingerprint density at radius 1 is 0.923 bits per heavy atom. The molecule has 0 aromatic carbocycles. The monoisotopic (exact) mass is 354 g/mol. The second-order valence-electron chi connectivity index (χ2n) is 8.16. The summed E-state index contributed by atoms with van der Waals surface area (Å²) < 4.78 is 5.44. The number of hydrogen-bond acceptors (Lipinski definition) is 2. The smallest absolute Gasteiger partial charge is 0.302 e. The molecule has 1 fully saturated rings. The van der Waals surface area contributed by atoms with E-state index in [2.05, 4.69) is 49.5 Å². The molecule has 3 aliphatic carbocycles. The van der Waals surface area contributed by atoms with Crippen LogP contribution in [0.4, 0.5) is 0 Å². The molecule has 0 heterocycles. The molecule has 0 N–H and O–H groups in total. The first-order valence-corrected chi connectivity index (χ1v) is 10.6. The summed E-state index contributed by atoms with van der Waals surface area (Å²) in [5.41, 5.74) is 1.49. The molecule has 0 saturated heterocycles. The summed E-state index contributed by atoms with van der Waals surface area (Å²) in [4.78, 5) is 11.4. The molecule has 0 bridgehead atoms. The van der Waals surface area contributed by atoms with Crippen LogP contribution in [0.3, 0.4) is 0 Å². The molecule has 26 heavy (non-hydrogen) atoms. The first-order chi connectivity index (χ1) is 12.7. The van der Waals surface area contributed by atoms with Gasteiger partial charge >= 0.3 is 5.97 Å². The molecule has 5 unspecified atom stereocenters. The lowest BCUT2D eigenvalue weighted by Crippen LogP contribution is -2.23. The lowest BCUT2D eigenvalue weighted by atomic mass is 9.80. The Kier molecular flexibility index (Phi) is 6.93. The van der Waals surface area contributed by atoms with E-state index in [9.17, 15) is 4.79 Å². The number of rotatable bonds is 9. The highest BCUT2D eigenvalue weighted by Gasteiger charge is 2.47. The normalized spacial score (nSPS) is 31.5. The van der Waals surface area contributed by atoms with Gasteiger partial charge in [0.15, 0.2) is 0 Å². The lowest BCUT2D eigenvalue weighted by Gasteiger charge is -2.25. The maximum absolute atomic E-state index is 11.4. The third kappa shape index (κ3) is 4.58. The van der Waals surface area contributed by atoms with Gasteiger partial charge in [-0.3, -0.25) is 4.79 Å². The van der Waals surface area contributed by atoms with Crippen LogP contribution < -0.4 is 0 Å². The molecule has 3 aliphatic rings. The number of hydrogen-bond donors (Lipinski definition) is 0. The summed E-state index contributed by atoms with van der Waals surface area (Å²) in [6.07, 6.45) is 25.6. The average molecular weight is 355 g/mol. The standard InChI is InChI=1S/C24H34O2/c1-3-4-5-6-7-8-11-19-14-15-22-20-12-9-10-13-21(20)24(23(22)16-19)17-26-18(2)25/h9-10,12-16,20-24H,3-8,11,17H2,1-2H3. The Morgan fingerprint density at radius 2 is 1.62 bits per heavy atom. The fourth-order valence-electron chi connectivity index (χ4n) is 4.99. The molecule has 0 aromatic heterocycles. The Hall–Kier alpha value is -1.57. The minimum Gasteiger partial charge on any atom is -0.466 e. The highest BCUT2D eigenvalue weighted by atomic mass is 16.5. The minimum absolute atomic E-state index is 0.164. The van der Waals surface area contributed by atoms with Crippen molar-refractivity contribution in [3.8, 4) is 0 Å². The third-order valence-electron chi connectivity index (χ3n) is 6.34. The molecule has 5 atom stereocenters. The van der Waals surface area contributed by atoms with E-state index in [1.54, 1.807) is 0 Å². The quantitative estimate of drug-likeness (QED) is 0.374. The number of esters is 1. The molecule has 3 rings (SSSR count). The number of carbonyl (C=O) groups excluding carboxylic acids is 1. The second-order valence-corrected chi connectivity index (χ2v) is 8.16. The summed E-state index contributed by atoms with van der Waals surface area (Å²) in [5.74, 6) is 2.33. The van der Waals surface area contributed by atoms with Crippen LogP contribution in [0.5, 0.6) is 0 Å². The number of carbonyl (C=O) groups is 1. The molecule has 2 nitrogen and oxygen atoms in total. The van der Waals surface area contributed by atoms with Crippen LogP contribution in [0, 0.1) is 29.6 Å². The topological polar surface area (TPSA) is 26.3 Å². The predicted molar refractivity (Wildman–Crippen MR) is 108 cm³/mol. The van der Waals surface area contributed by atoms with Gasteiger partial charge in [0.05, 0.1) is 6.61 Å². The summed E-state index contributed by atoms with van der Waals surface area (Å²) in [6.45, 7) is 4.33. The zero-order valence-corrected chi connectivity index (χ0v) is 16.4. The fraction of sp³-hybridized carbons (Fsp3) is 0.625. The van der Waals surface area contributed by atoms with Crippen LogP contribution in [0.1, 0.15) is 58.8 Å². The van der Waals surface area contributed by atoms with Crippen molar-refractivity contribution in [2.24, 2.45) is 29.6 Å². The van der Waals surface area contributed by atoms with Crippen LogP contribution in [-0.2, 0) is 9.53 Å². The van der Waals surface area contributed by atoms with Crippen molar-refractivity contribution in [2.45, 2.75) is 58.8 Å². The third-order valence-corrected chi connectivity index (χ3v) is 6.34. The molecular formula is C24H34O2. The molecule has 0 spiro atoms. The van der Waals surface area contributed by atoms with Crippen LogP contribution in [-0.4, -0.2) is 12.6 Å². The van der Waals surface area contributed by atoms with E-state index in [1.807, 2.05) is 0 Å². The van der Waals surface area contributed by atoms with Crippen LogP contribution >= 0.6 is 0 Å². The van der Waals surface area contributed by atoms with E-state index in [-0.39, 0.29) is 5.97 Å². The molecule has 1 saturated carbocycles. The molecule has 0 aliphatic heterocycles. The average Bonchev–Trinajstić information content (AvgIpc) is 2.96. The highest BCUT2D eigenvalue weighted by Crippen LogP contribution is 2.52. The van der Waals surface area contributed by atoms with Gasteiger partial charge in [0.2, 0.25) is 0 Å². The van der Waals surface area contributed by atoms with E-state index in [0.29, 0.717) is 36.2 Å². The van der Waals surface area contributed by atoms with Crippen molar-refractivity contribution in [3.63, 3.8) is 0 Å². The second kappa shape index (κ2) is 9.39. The SMILES string of the molecule is CCCCCCCCC1=CC2C(C=C1)C1C=CC=CC1C2COC(C)=O. The first-order valence-electron chi connectivity index (χ1n) is 10.6. The summed E-state index contributed by atoms with van der Waals surface area (Å²) in [7, 11) is 0. The van der Waals surface area contributed by atoms with Crippen molar-refractivity contribution in [3.05, 3.63) is 48.1 Å². The van der Waals surface area contributed by atoms with Gasteiger partial charge in [0.1, 0.15) is 0 Å². The van der Waals surface area contributed by atoms with Crippen molar-refractivity contribution in [1.29, 1.82) is 0 Å². The van der Waals surface area contributed by atoms with Gasteiger partial charge in [-0.1, -0.05) is 87.1 Å². The van der Waals surface area contributed by atoms with Crippen molar-refractivity contribution >= 4 is 5.97 Å². The van der Waals surface area contributed by atoms with Gasteiger partial charge in [-0.2, -0.15) is 0 Å².